The summed E-state index contributed by atoms with van der Waals surface area (Å²) < 4.78 is 5.47. The Labute approximate surface area is 152 Å². The molecule has 0 heterocycles. The lowest BCUT2D eigenvalue weighted by Gasteiger charge is -2.08. The van der Waals surface area contributed by atoms with Gasteiger partial charge in [-0.25, -0.2) is 0 Å². The first-order valence-electron chi connectivity index (χ1n) is 7.98. The van der Waals surface area contributed by atoms with Crippen molar-refractivity contribution in [2.24, 2.45) is 0 Å². The first-order valence-corrected chi connectivity index (χ1v) is 9.52. The lowest BCUT2D eigenvalue weighted by molar-refractivity contribution is -0.122. The molecule has 2 aromatic carbocycles. The van der Waals surface area contributed by atoms with Crippen LogP contribution in [-0.4, -0.2) is 24.8 Å². The first-order chi connectivity index (χ1) is 11.7. The second-order valence-corrected chi connectivity index (χ2v) is 6.79. The third kappa shape index (κ3) is 6.46. The van der Waals surface area contributed by atoms with Crippen LogP contribution in [0.5, 0.6) is 5.75 Å². The first kappa shape index (κ1) is 18.7. The van der Waals surface area contributed by atoms with Gasteiger partial charge in [-0.2, -0.15) is 11.8 Å². The van der Waals surface area contributed by atoms with Gasteiger partial charge in [-0.05, 0) is 35.7 Å². The summed E-state index contributed by atoms with van der Waals surface area (Å²) in [6.07, 6.45) is 0.993. The van der Waals surface area contributed by atoms with E-state index in [9.17, 15) is 4.79 Å². The molecule has 24 heavy (non-hydrogen) atoms. The van der Waals surface area contributed by atoms with Crippen molar-refractivity contribution in [2.45, 2.75) is 19.1 Å². The van der Waals surface area contributed by atoms with Crippen LogP contribution in [0.2, 0.25) is 5.02 Å². The molecule has 0 unspecified atom stereocenters. The van der Waals surface area contributed by atoms with E-state index >= 15 is 0 Å². The maximum absolute atomic E-state index is 11.8. The van der Waals surface area contributed by atoms with E-state index in [1.54, 1.807) is 11.8 Å². The molecule has 0 aromatic heterocycles. The molecule has 0 atom stereocenters. The van der Waals surface area contributed by atoms with Crippen LogP contribution in [0.1, 0.15) is 18.1 Å². The number of aryl methyl sites for hydroxylation is 1. The molecule has 0 fully saturated rings. The number of nitrogens with one attached hydrogen (secondary N) is 1. The molecule has 1 N–H and O–H groups in total. The number of rotatable bonds is 9. The van der Waals surface area contributed by atoms with E-state index in [-0.39, 0.29) is 12.5 Å². The van der Waals surface area contributed by atoms with Crippen molar-refractivity contribution in [1.29, 1.82) is 0 Å². The Morgan fingerprint density at radius 2 is 1.92 bits per heavy atom. The third-order valence-electron chi connectivity index (χ3n) is 3.49. The summed E-state index contributed by atoms with van der Waals surface area (Å²) in [4.78, 5) is 11.8. The van der Waals surface area contributed by atoms with E-state index in [2.05, 4.69) is 12.2 Å². The fourth-order valence-electron chi connectivity index (χ4n) is 2.08. The topological polar surface area (TPSA) is 38.3 Å². The van der Waals surface area contributed by atoms with Crippen LogP contribution in [0.4, 0.5) is 0 Å². The van der Waals surface area contributed by atoms with Crippen LogP contribution in [-0.2, 0) is 17.0 Å². The highest BCUT2D eigenvalue weighted by molar-refractivity contribution is 7.98. The molecule has 0 aliphatic heterocycles. The predicted octanol–water partition coefficient (Wildman–Crippen LogP) is 4.33. The van der Waals surface area contributed by atoms with Crippen molar-refractivity contribution in [2.75, 3.05) is 18.9 Å². The molecular weight excluding hydrogens is 342 g/mol. The minimum Gasteiger partial charge on any atom is -0.484 e. The minimum atomic E-state index is -0.104. The molecule has 0 spiro atoms. The van der Waals surface area contributed by atoms with Crippen LogP contribution in [0, 0.1) is 0 Å². The maximum atomic E-state index is 11.8. The summed E-state index contributed by atoms with van der Waals surface area (Å²) in [6.45, 7) is 2.76. The Kier molecular flexibility index (Phi) is 7.99. The monoisotopic (exact) mass is 363 g/mol. The van der Waals surface area contributed by atoms with E-state index in [0.717, 1.165) is 34.3 Å². The van der Waals surface area contributed by atoms with Crippen molar-refractivity contribution < 1.29 is 9.53 Å². The molecule has 0 bridgehead atoms. The van der Waals surface area contributed by atoms with Gasteiger partial charge in [0.05, 0.1) is 0 Å². The summed E-state index contributed by atoms with van der Waals surface area (Å²) in [5, 5.41) is 3.65. The largest absolute Gasteiger partial charge is 0.484 e. The normalized spacial score (nSPS) is 10.4. The zero-order valence-electron chi connectivity index (χ0n) is 13.8. The Hall–Kier alpha value is -1.65. The molecule has 0 radical (unpaired) electrons. The molecule has 0 saturated carbocycles. The van der Waals surface area contributed by atoms with Crippen molar-refractivity contribution in [3.05, 3.63) is 64.7 Å². The number of hydrogen-bond donors (Lipinski definition) is 1. The van der Waals surface area contributed by atoms with Gasteiger partial charge in [-0.3, -0.25) is 4.79 Å². The number of ether oxygens (including phenoxy) is 1. The van der Waals surface area contributed by atoms with Gasteiger partial charge in [0, 0.05) is 23.1 Å². The number of hydrogen-bond acceptors (Lipinski definition) is 3. The molecule has 3 nitrogen and oxygen atoms in total. The van der Waals surface area contributed by atoms with Crippen molar-refractivity contribution in [1.82, 2.24) is 5.32 Å². The SMILES string of the molecule is CCc1ccc(OCC(=O)NCCSCc2ccccc2Cl)cc1. The number of amides is 1. The molecule has 1 amide bonds. The van der Waals surface area contributed by atoms with E-state index in [4.69, 9.17) is 16.3 Å². The molecule has 0 aliphatic carbocycles. The average Bonchev–Trinajstić information content (AvgIpc) is 2.61. The Morgan fingerprint density at radius 1 is 1.17 bits per heavy atom. The number of carbonyl (C=O) groups is 1. The Bertz CT molecular complexity index is 646. The Morgan fingerprint density at radius 3 is 2.62 bits per heavy atom. The van der Waals surface area contributed by atoms with Gasteiger partial charge in [0.2, 0.25) is 0 Å². The highest BCUT2D eigenvalue weighted by atomic mass is 35.5. The van der Waals surface area contributed by atoms with Gasteiger partial charge in [-0.1, -0.05) is 48.9 Å². The molecule has 128 valence electrons. The quantitative estimate of drug-likeness (QED) is 0.674. The molecule has 5 heteroatoms. The average molecular weight is 364 g/mol. The smallest absolute Gasteiger partial charge is 0.257 e. The van der Waals surface area contributed by atoms with E-state index in [0.29, 0.717) is 6.54 Å². The zero-order chi connectivity index (χ0) is 17.2. The number of halogens is 1. The van der Waals surface area contributed by atoms with Crippen molar-refractivity contribution >= 4 is 29.3 Å². The minimum absolute atomic E-state index is 0.0423. The lowest BCUT2D eigenvalue weighted by Crippen LogP contribution is -2.30. The molecular formula is C19H22ClNO2S. The van der Waals surface area contributed by atoms with Gasteiger partial charge >= 0.3 is 0 Å². The van der Waals surface area contributed by atoms with Crippen molar-refractivity contribution in [3.63, 3.8) is 0 Å². The second-order valence-electron chi connectivity index (χ2n) is 5.28. The fourth-order valence-corrected chi connectivity index (χ4v) is 3.23. The molecule has 0 aliphatic rings. The summed E-state index contributed by atoms with van der Waals surface area (Å²) >= 11 is 7.85. The summed E-state index contributed by atoms with van der Waals surface area (Å²) in [7, 11) is 0. The second kappa shape index (κ2) is 10.3. The van der Waals surface area contributed by atoms with Gasteiger partial charge in [0.15, 0.2) is 6.61 Å². The third-order valence-corrected chi connectivity index (χ3v) is 4.86. The zero-order valence-corrected chi connectivity index (χ0v) is 15.3. The van der Waals surface area contributed by atoms with E-state index < -0.39 is 0 Å². The number of thioether (sulfide) groups is 1. The maximum Gasteiger partial charge on any atom is 0.257 e. The van der Waals surface area contributed by atoms with Gasteiger partial charge < -0.3 is 10.1 Å². The van der Waals surface area contributed by atoms with Crippen LogP contribution >= 0.6 is 23.4 Å². The van der Waals surface area contributed by atoms with E-state index in [1.807, 2.05) is 48.5 Å². The summed E-state index contributed by atoms with van der Waals surface area (Å²) in [5.41, 5.74) is 2.37. The van der Waals surface area contributed by atoms with E-state index in [1.165, 1.54) is 5.56 Å². The Balaban J connectivity index is 1.58. The summed E-state index contributed by atoms with van der Waals surface area (Å²) in [6, 6.07) is 15.6. The number of benzene rings is 2. The van der Waals surface area contributed by atoms with Gasteiger partial charge in [0.1, 0.15) is 5.75 Å². The lowest BCUT2D eigenvalue weighted by atomic mass is 10.2. The van der Waals surface area contributed by atoms with Crippen molar-refractivity contribution in [3.8, 4) is 5.75 Å². The fraction of sp³-hybridized carbons (Fsp3) is 0.316. The molecule has 2 rings (SSSR count). The highest BCUT2D eigenvalue weighted by Crippen LogP contribution is 2.20. The van der Waals surface area contributed by atoms with Gasteiger partial charge in [-0.15, -0.1) is 0 Å². The summed E-state index contributed by atoms with van der Waals surface area (Å²) in [5.74, 6) is 2.29. The standard InChI is InChI=1S/C19H22ClNO2S/c1-2-15-7-9-17(10-8-15)23-13-19(22)21-11-12-24-14-16-5-3-4-6-18(16)20/h3-10H,2,11-14H2,1H3,(H,21,22). The highest BCUT2D eigenvalue weighted by Gasteiger charge is 2.03. The van der Waals surface area contributed by atoms with Crippen LogP contribution < -0.4 is 10.1 Å². The van der Waals surface area contributed by atoms with Crippen LogP contribution in [0.25, 0.3) is 0 Å². The van der Waals surface area contributed by atoms with Crippen LogP contribution in [0.3, 0.4) is 0 Å². The van der Waals surface area contributed by atoms with Gasteiger partial charge in [0.25, 0.3) is 5.91 Å². The molecule has 0 saturated heterocycles. The number of carbonyl (C=O) groups excluding carboxylic acids is 1. The molecule has 2 aromatic rings. The predicted molar refractivity (Wildman–Crippen MR) is 102 cm³/mol. The van der Waals surface area contributed by atoms with Crippen LogP contribution in [0.15, 0.2) is 48.5 Å².